The van der Waals surface area contributed by atoms with Crippen molar-refractivity contribution in [3.8, 4) is 5.75 Å². The third-order valence-corrected chi connectivity index (χ3v) is 5.47. The summed E-state index contributed by atoms with van der Waals surface area (Å²) in [6, 6.07) is 15.3. The minimum Gasteiger partial charge on any atom is -0.494 e. The van der Waals surface area contributed by atoms with Crippen molar-refractivity contribution in [2.24, 2.45) is 5.73 Å². The molecule has 3 unspecified atom stereocenters. The number of oxazole rings is 1. The highest BCUT2D eigenvalue weighted by Crippen LogP contribution is 2.36. The van der Waals surface area contributed by atoms with E-state index in [2.05, 4.69) is 15.7 Å². The number of nitrogens with one attached hydrogen (secondary N) is 2. The number of hydrogen-bond donors (Lipinski definition) is 3. The predicted molar refractivity (Wildman–Crippen MR) is 107 cm³/mol. The van der Waals surface area contributed by atoms with Gasteiger partial charge in [0.05, 0.1) is 19.2 Å². The van der Waals surface area contributed by atoms with E-state index in [1.165, 1.54) is 5.01 Å². The average Bonchev–Trinajstić information content (AvgIpc) is 3.29. The molecule has 0 spiro atoms. The Morgan fingerprint density at radius 1 is 1.17 bits per heavy atom. The predicted octanol–water partition coefficient (Wildman–Crippen LogP) is 1.91. The fourth-order valence-corrected chi connectivity index (χ4v) is 4.10. The van der Waals surface area contributed by atoms with Gasteiger partial charge in [0.15, 0.2) is 11.1 Å². The van der Waals surface area contributed by atoms with E-state index in [0.29, 0.717) is 28.1 Å². The minimum absolute atomic E-state index is 0.0969. The van der Waals surface area contributed by atoms with Crippen LogP contribution < -0.4 is 21.2 Å². The van der Waals surface area contributed by atoms with E-state index in [0.717, 1.165) is 5.56 Å². The van der Waals surface area contributed by atoms with Gasteiger partial charge in [-0.15, -0.1) is 0 Å². The number of benzene rings is 2. The summed E-state index contributed by atoms with van der Waals surface area (Å²) < 4.78 is 11.2. The van der Waals surface area contributed by atoms with Crippen molar-refractivity contribution in [1.29, 1.82) is 0 Å². The largest absolute Gasteiger partial charge is 0.494 e. The number of aromatic nitrogens is 1. The average molecular weight is 391 g/mol. The molecule has 3 atom stereocenters. The number of nitrogens with two attached hydrogens (primary N) is 1. The van der Waals surface area contributed by atoms with Gasteiger partial charge in [0.1, 0.15) is 17.5 Å². The van der Waals surface area contributed by atoms with Crippen LogP contribution in [-0.4, -0.2) is 35.3 Å². The highest BCUT2D eigenvalue weighted by Gasteiger charge is 2.47. The van der Waals surface area contributed by atoms with Crippen LogP contribution in [0.5, 0.6) is 5.75 Å². The van der Waals surface area contributed by atoms with Crippen LogP contribution in [0.4, 0.5) is 0 Å². The molecule has 0 aliphatic carbocycles. The Balaban J connectivity index is 1.56. The molecule has 2 aliphatic heterocycles. The van der Waals surface area contributed by atoms with E-state index in [-0.39, 0.29) is 23.9 Å². The van der Waals surface area contributed by atoms with Gasteiger partial charge in [-0.2, -0.15) is 0 Å². The highest BCUT2D eigenvalue weighted by molar-refractivity contribution is 6.20. The Morgan fingerprint density at radius 2 is 1.97 bits per heavy atom. The monoisotopic (exact) mass is 391 g/mol. The lowest BCUT2D eigenvalue weighted by molar-refractivity contribution is -0.130. The lowest BCUT2D eigenvalue weighted by atomic mass is 9.93. The summed E-state index contributed by atoms with van der Waals surface area (Å²) in [6.07, 6.45) is -0.711. The molecule has 148 valence electrons. The van der Waals surface area contributed by atoms with Crippen molar-refractivity contribution in [3.05, 3.63) is 65.7 Å². The standard InChI is InChI=1S/C21H21N5O3/c1-11-15(20-24-17-13(28-2)9-6-10-14(17)29-20)21(27)26-19(23-11)16(18(22)25-26)12-7-4-3-5-8-12/h3-10,16,18-19,23,25H,22H2,1-2H3. The van der Waals surface area contributed by atoms with Gasteiger partial charge in [0, 0.05) is 5.70 Å². The van der Waals surface area contributed by atoms with Crippen LogP contribution in [0.25, 0.3) is 16.7 Å². The number of hydrazine groups is 1. The molecule has 3 heterocycles. The first-order valence-corrected chi connectivity index (χ1v) is 9.40. The third-order valence-electron chi connectivity index (χ3n) is 5.47. The summed E-state index contributed by atoms with van der Waals surface area (Å²) in [5, 5.41) is 4.96. The number of hydrogen-bond acceptors (Lipinski definition) is 7. The molecule has 1 amide bonds. The van der Waals surface area contributed by atoms with E-state index >= 15 is 0 Å². The molecule has 2 aliphatic rings. The first kappa shape index (κ1) is 17.7. The molecular weight excluding hydrogens is 370 g/mol. The topological polar surface area (TPSA) is 106 Å². The van der Waals surface area contributed by atoms with Crippen LogP contribution in [0.3, 0.4) is 0 Å². The maximum absolute atomic E-state index is 13.4. The maximum atomic E-state index is 13.4. The smallest absolute Gasteiger partial charge is 0.277 e. The van der Waals surface area contributed by atoms with Crippen molar-refractivity contribution in [3.63, 3.8) is 0 Å². The van der Waals surface area contributed by atoms with Gasteiger partial charge in [-0.1, -0.05) is 36.4 Å². The Bertz CT molecular complexity index is 1120. The molecule has 0 bridgehead atoms. The third kappa shape index (κ3) is 2.68. The van der Waals surface area contributed by atoms with Gasteiger partial charge in [-0.25, -0.2) is 15.4 Å². The van der Waals surface area contributed by atoms with Gasteiger partial charge >= 0.3 is 0 Å². The number of amides is 1. The van der Waals surface area contributed by atoms with Crippen LogP contribution in [0.1, 0.15) is 24.3 Å². The van der Waals surface area contributed by atoms with Crippen LogP contribution in [0.15, 0.2) is 58.6 Å². The molecule has 8 heteroatoms. The molecule has 1 fully saturated rings. The Kier molecular flexibility index (Phi) is 4.04. The molecule has 4 N–H and O–H groups in total. The van der Waals surface area contributed by atoms with E-state index < -0.39 is 6.17 Å². The van der Waals surface area contributed by atoms with E-state index in [4.69, 9.17) is 14.9 Å². The second kappa shape index (κ2) is 6.61. The van der Waals surface area contributed by atoms with Gasteiger partial charge in [-0.05, 0) is 24.6 Å². The number of carbonyl (C=O) groups is 1. The quantitative estimate of drug-likeness (QED) is 0.626. The van der Waals surface area contributed by atoms with Gasteiger partial charge in [0.2, 0.25) is 5.89 Å². The van der Waals surface area contributed by atoms with Gasteiger partial charge in [0.25, 0.3) is 5.91 Å². The summed E-state index contributed by atoms with van der Waals surface area (Å²) in [6.45, 7) is 1.85. The summed E-state index contributed by atoms with van der Waals surface area (Å²) in [5.74, 6) is 0.512. The Hall–Kier alpha value is -3.36. The Labute approximate surface area is 167 Å². The van der Waals surface area contributed by atoms with E-state index in [9.17, 15) is 4.79 Å². The molecule has 1 aromatic heterocycles. The molecule has 0 radical (unpaired) electrons. The number of carbonyl (C=O) groups excluding carboxylic acids is 1. The zero-order chi connectivity index (χ0) is 20.1. The molecule has 3 aromatic rings. The number of fused-ring (bicyclic) bond motifs is 2. The van der Waals surface area contributed by atoms with Crippen LogP contribution in [0.2, 0.25) is 0 Å². The number of methoxy groups -OCH3 is 1. The van der Waals surface area contributed by atoms with Crippen LogP contribution >= 0.6 is 0 Å². The number of nitrogens with zero attached hydrogens (tertiary/aromatic N) is 2. The van der Waals surface area contributed by atoms with Crippen molar-refractivity contribution in [2.45, 2.75) is 25.2 Å². The van der Waals surface area contributed by atoms with Crippen molar-refractivity contribution in [1.82, 2.24) is 20.7 Å². The molecular formula is C21H21N5O3. The lowest BCUT2D eigenvalue weighted by Crippen LogP contribution is -2.54. The van der Waals surface area contributed by atoms with E-state index in [1.54, 1.807) is 19.2 Å². The fraction of sp³-hybridized carbons (Fsp3) is 0.238. The lowest BCUT2D eigenvalue weighted by Gasteiger charge is -2.34. The Morgan fingerprint density at radius 3 is 2.72 bits per heavy atom. The molecule has 8 nitrogen and oxygen atoms in total. The van der Waals surface area contributed by atoms with Gasteiger partial charge in [-0.3, -0.25) is 4.79 Å². The second-order valence-electron chi connectivity index (χ2n) is 7.18. The maximum Gasteiger partial charge on any atom is 0.277 e. The van der Waals surface area contributed by atoms with Gasteiger partial charge < -0.3 is 20.2 Å². The SMILES string of the molecule is COc1cccc2oc(C3=C(C)NC4C(c5ccccc5)C(N)NN4C3=O)nc12. The highest BCUT2D eigenvalue weighted by atomic mass is 16.5. The number of para-hydroxylation sites is 1. The summed E-state index contributed by atoms with van der Waals surface area (Å²) in [7, 11) is 1.57. The van der Waals surface area contributed by atoms with Crippen LogP contribution in [-0.2, 0) is 4.79 Å². The number of allylic oxidation sites excluding steroid dienone is 1. The first-order valence-electron chi connectivity index (χ1n) is 9.40. The van der Waals surface area contributed by atoms with Crippen LogP contribution in [0, 0.1) is 0 Å². The molecule has 1 saturated heterocycles. The summed E-state index contributed by atoms with van der Waals surface area (Å²) in [5.41, 5.74) is 12.7. The normalized spacial score (nSPS) is 24.0. The molecule has 5 rings (SSSR count). The number of rotatable bonds is 3. The first-order chi connectivity index (χ1) is 14.1. The summed E-state index contributed by atoms with van der Waals surface area (Å²) >= 11 is 0. The second-order valence-corrected chi connectivity index (χ2v) is 7.18. The summed E-state index contributed by atoms with van der Waals surface area (Å²) in [4.78, 5) is 17.9. The molecule has 2 aromatic carbocycles. The number of ether oxygens (including phenoxy) is 1. The fourth-order valence-electron chi connectivity index (χ4n) is 4.10. The zero-order valence-corrected chi connectivity index (χ0v) is 16.0. The molecule has 0 saturated carbocycles. The van der Waals surface area contributed by atoms with Crippen molar-refractivity contribution in [2.75, 3.05) is 7.11 Å². The van der Waals surface area contributed by atoms with E-state index in [1.807, 2.05) is 43.3 Å². The van der Waals surface area contributed by atoms with Crippen molar-refractivity contribution >= 4 is 22.6 Å². The van der Waals surface area contributed by atoms with Crippen molar-refractivity contribution < 1.29 is 13.9 Å². The zero-order valence-electron chi connectivity index (χ0n) is 16.0. The minimum atomic E-state index is -0.408. The molecule has 29 heavy (non-hydrogen) atoms.